The fourth-order valence-electron chi connectivity index (χ4n) is 2.01. The molecule has 6 nitrogen and oxygen atoms in total. The monoisotopic (exact) mass is 287 g/mol. The van der Waals surface area contributed by atoms with Gasteiger partial charge in [0.25, 0.3) is 5.56 Å². The van der Waals surface area contributed by atoms with Crippen molar-refractivity contribution < 1.29 is 4.79 Å². The van der Waals surface area contributed by atoms with Gasteiger partial charge >= 0.3 is 5.69 Å². The summed E-state index contributed by atoms with van der Waals surface area (Å²) in [5.74, 6) is -0.172. The number of aromatic nitrogens is 2. The van der Waals surface area contributed by atoms with Crippen LogP contribution in [0.15, 0.2) is 46.1 Å². The van der Waals surface area contributed by atoms with Gasteiger partial charge in [0.15, 0.2) is 0 Å². The first-order chi connectivity index (χ1) is 10.1. The first-order valence-electron chi connectivity index (χ1n) is 6.77. The minimum Gasteiger partial charge on any atom is -0.326 e. The number of para-hydroxylation sites is 1. The standard InChI is InChI=1S/C15H17N3O3/c1-2-11-5-3-4-6-12(11)16-13(19)7-9-18-10-8-14(20)17-15(18)21/h3-6,8,10H,2,7,9H2,1H3,(H,16,19)(H,17,20,21). The highest BCUT2D eigenvalue weighted by Crippen LogP contribution is 2.15. The van der Waals surface area contributed by atoms with Gasteiger partial charge in [0, 0.05) is 30.9 Å². The van der Waals surface area contributed by atoms with Crippen molar-refractivity contribution in [2.75, 3.05) is 5.32 Å². The normalized spacial score (nSPS) is 10.3. The Balaban J connectivity index is 1.99. The molecule has 0 saturated heterocycles. The van der Waals surface area contributed by atoms with Crippen LogP contribution in [0, 0.1) is 0 Å². The van der Waals surface area contributed by atoms with Crippen LogP contribution in [0.25, 0.3) is 0 Å². The molecule has 6 heteroatoms. The smallest absolute Gasteiger partial charge is 0.326 e. The maximum Gasteiger partial charge on any atom is 0.328 e. The minimum absolute atomic E-state index is 0.157. The lowest BCUT2D eigenvalue weighted by atomic mass is 10.1. The Morgan fingerprint density at radius 2 is 2.00 bits per heavy atom. The highest BCUT2D eigenvalue weighted by atomic mass is 16.2. The lowest BCUT2D eigenvalue weighted by Gasteiger charge is -2.10. The number of aromatic amines is 1. The zero-order valence-corrected chi connectivity index (χ0v) is 11.8. The van der Waals surface area contributed by atoms with Crippen LogP contribution in [0.2, 0.25) is 0 Å². The molecule has 2 N–H and O–H groups in total. The van der Waals surface area contributed by atoms with E-state index in [4.69, 9.17) is 0 Å². The molecule has 1 aromatic heterocycles. The van der Waals surface area contributed by atoms with Crippen molar-refractivity contribution in [1.29, 1.82) is 0 Å². The van der Waals surface area contributed by atoms with Gasteiger partial charge in [-0.05, 0) is 18.1 Å². The molecule has 0 bridgehead atoms. The average molecular weight is 287 g/mol. The first kappa shape index (κ1) is 14.8. The number of nitrogens with zero attached hydrogens (tertiary/aromatic N) is 1. The van der Waals surface area contributed by atoms with E-state index in [0.29, 0.717) is 0 Å². The highest BCUT2D eigenvalue weighted by molar-refractivity contribution is 5.91. The Morgan fingerprint density at radius 1 is 1.24 bits per heavy atom. The van der Waals surface area contributed by atoms with Crippen LogP contribution in [0.4, 0.5) is 5.69 Å². The third-order valence-electron chi connectivity index (χ3n) is 3.15. The van der Waals surface area contributed by atoms with Gasteiger partial charge in [-0.15, -0.1) is 0 Å². The molecule has 0 fully saturated rings. The van der Waals surface area contributed by atoms with E-state index < -0.39 is 11.2 Å². The molecule has 0 aliphatic heterocycles. The molecule has 0 unspecified atom stereocenters. The molecule has 1 amide bonds. The van der Waals surface area contributed by atoms with Gasteiger partial charge in [-0.25, -0.2) is 4.79 Å². The van der Waals surface area contributed by atoms with Crippen molar-refractivity contribution in [2.45, 2.75) is 26.3 Å². The topological polar surface area (TPSA) is 84.0 Å². The van der Waals surface area contributed by atoms with Crippen molar-refractivity contribution in [3.63, 3.8) is 0 Å². The number of amides is 1. The number of anilines is 1. The maximum absolute atomic E-state index is 11.9. The van der Waals surface area contributed by atoms with Crippen molar-refractivity contribution in [3.05, 3.63) is 62.9 Å². The predicted molar refractivity (Wildman–Crippen MR) is 80.4 cm³/mol. The van der Waals surface area contributed by atoms with E-state index >= 15 is 0 Å². The molecule has 0 aliphatic carbocycles. The number of rotatable bonds is 5. The summed E-state index contributed by atoms with van der Waals surface area (Å²) in [5.41, 5.74) is 0.896. The second-order valence-electron chi connectivity index (χ2n) is 4.61. The van der Waals surface area contributed by atoms with Crippen molar-refractivity contribution >= 4 is 11.6 Å². The van der Waals surface area contributed by atoms with Gasteiger partial charge < -0.3 is 9.88 Å². The van der Waals surface area contributed by atoms with E-state index in [-0.39, 0.29) is 18.9 Å². The van der Waals surface area contributed by atoms with Crippen LogP contribution in [-0.2, 0) is 17.8 Å². The fraction of sp³-hybridized carbons (Fsp3) is 0.267. The van der Waals surface area contributed by atoms with Gasteiger partial charge in [-0.1, -0.05) is 25.1 Å². The molecule has 0 saturated carbocycles. The molecule has 0 spiro atoms. The summed E-state index contributed by atoms with van der Waals surface area (Å²) in [7, 11) is 0. The third-order valence-corrected chi connectivity index (χ3v) is 3.15. The zero-order chi connectivity index (χ0) is 15.2. The fourth-order valence-corrected chi connectivity index (χ4v) is 2.01. The second-order valence-corrected chi connectivity index (χ2v) is 4.61. The van der Waals surface area contributed by atoms with Crippen molar-refractivity contribution in [3.8, 4) is 0 Å². The Labute approximate surface area is 121 Å². The van der Waals surface area contributed by atoms with E-state index in [1.807, 2.05) is 31.2 Å². The summed E-state index contributed by atoms with van der Waals surface area (Å²) < 4.78 is 1.30. The molecule has 110 valence electrons. The molecule has 2 aromatic rings. The number of carbonyl (C=O) groups excluding carboxylic acids is 1. The first-order valence-corrected chi connectivity index (χ1v) is 6.77. The van der Waals surface area contributed by atoms with Crippen LogP contribution in [0.1, 0.15) is 18.9 Å². The van der Waals surface area contributed by atoms with Gasteiger partial charge in [0.1, 0.15) is 0 Å². The minimum atomic E-state index is -0.510. The van der Waals surface area contributed by atoms with E-state index in [9.17, 15) is 14.4 Å². The average Bonchev–Trinajstić information content (AvgIpc) is 2.47. The number of hydrogen-bond acceptors (Lipinski definition) is 3. The SMILES string of the molecule is CCc1ccccc1NC(=O)CCn1ccc(=O)[nH]c1=O. The Kier molecular flexibility index (Phi) is 4.71. The predicted octanol–water partition coefficient (Wildman–Crippen LogP) is 1.13. The van der Waals surface area contributed by atoms with Gasteiger partial charge in [0.2, 0.25) is 5.91 Å². The molecule has 2 rings (SSSR count). The van der Waals surface area contributed by atoms with Gasteiger partial charge in [-0.3, -0.25) is 14.6 Å². The van der Waals surface area contributed by atoms with E-state index in [1.54, 1.807) is 0 Å². The Morgan fingerprint density at radius 3 is 2.71 bits per heavy atom. The number of nitrogens with one attached hydrogen (secondary N) is 2. The van der Waals surface area contributed by atoms with Crippen LogP contribution < -0.4 is 16.6 Å². The van der Waals surface area contributed by atoms with Crippen LogP contribution >= 0.6 is 0 Å². The molecule has 0 radical (unpaired) electrons. The van der Waals surface area contributed by atoms with Gasteiger partial charge in [0.05, 0.1) is 0 Å². The summed E-state index contributed by atoms with van der Waals surface area (Å²) in [4.78, 5) is 36.5. The lowest BCUT2D eigenvalue weighted by molar-refractivity contribution is -0.116. The summed E-state index contributed by atoms with van der Waals surface area (Å²) in [6, 6.07) is 8.85. The number of hydrogen-bond donors (Lipinski definition) is 2. The van der Waals surface area contributed by atoms with Crippen molar-refractivity contribution in [2.24, 2.45) is 0 Å². The Bertz CT molecular complexity index is 746. The lowest BCUT2D eigenvalue weighted by Crippen LogP contribution is -2.29. The molecule has 1 heterocycles. The molecule has 1 aromatic carbocycles. The Hall–Kier alpha value is -2.63. The van der Waals surface area contributed by atoms with Gasteiger partial charge in [-0.2, -0.15) is 0 Å². The molecule has 21 heavy (non-hydrogen) atoms. The molecular weight excluding hydrogens is 270 g/mol. The third kappa shape index (κ3) is 3.92. The summed E-state index contributed by atoms with van der Waals surface area (Å²) >= 11 is 0. The zero-order valence-electron chi connectivity index (χ0n) is 11.8. The quantitative estimate of drug-likeness (QED) is 0.864. The summed E-state index contributed by atoms with van der Waals surface area (Å²) in [5, 5.41) is 2.84. The molecular formula is C15H17N3O3. The number of H-pyrrole nitrogens is 1. The number of benzene rings is 1. The van der Waals surface area contributed by atoms with Crippen LogP contribution in [-0.4, -0.2) is 15.5 Å². The molecule has 0 atom stereocenters. The van der Waals surface area contributed by atoms with Crippen molar-refractivity contribution in [1.82, 2.24) is 9.55 Å². The number of aryl methyl sites for hydroxylation is 2. The largest absolute Gasteiger partial charge is 0.328 e. The summed E-state index contributed by atoms with van der Waals surface area (Å²) in [6.07, 6.45) is 2.37. The second kappa shape index (κ2) is 6.69. The maximum atomic E-state index is 11.9. The highest BCUT2D eigenvalue weighted by Gasteiger charge is 2.06. The van der Waals surface area contributed by atoms with E-state index in [0.717, 1.165) is 17.7 Å². The van der Waals surface area contributed by atoms with E-state index in [1.165, 1.54) is 16.8 Å². The number of carbonyl (C=O) groups is 1. The summed E-state index contributed by atoms with van der Waals surface area (Å²) in [6.45, 7) is 2.24. The van der Waals surface area contributed by atoms with Crippen LogP contribution in [0.5, 0.6) is 0 Å². The van der Waals surface area contributed by atoms with Crippen LogP contribution in [0.3, 0.4) is 0 Å². The van der Waals surface area contributed by atoms with E-state index in [2.05, 4.69) is 10.3 Å². The molecule has 0 aliphatic rings.